The number of carbonyl (C=O) groups is 3. The summed E-state index contributed by atoms with van der Waals surface area (Å²) in [6.45, 7) is 4.29. The standard InChI is InChI=1S/C21H27N5O5S2/c1-4-6-7-12(5-2)10-31-20(29)14-8-9-32-19-16(18(28)26(14)19)24-17(27)15(25-30-3)13-11-33-21(22)23-13/h7-8,11,16,19H,4-6,9-10H2,1-3H3,(H2,22,23)(H,24,27)/t16?,19-/m0/s1. The van der Waals surface area contributed by atoms with E-state index in [2.05, 4.69) is 28.5 Å². The van der Waals surface area contributed by atoms with E-state index in [1.54, 1.807) is 11.5 Å². The Bertz CT molecular complexity index is 1000. The van der Waals surface area contributed by atoms with Crippen molar-refractivity contribution < 1.29 is 24.0 Å². The maximum atomic E-state index is 12.8. The third-order valence-corrected chi connectivity index (χ3v) is 6.93. The molecule has 1 aromatic heterocycles. The van der Waals surface area contributed by atoms with Gasteiger partial charge in [-0.25, -0.2) is 9.78 Å². The molecule has 2 amide bonds. The lowest BCUT2D eigenvalue weighted by Crippen LogP contribution is -2.70. The Balaban J connectivity index is 1.64. The molecule has 0 radical (unpaired) electrons. The number of ether oxygens (including phenoxy) is 1. The van der Waals surface area contributed by atoms with Gasteiger partial charge in [-0.05, 0) is 24.5 Å². The number of carbonyl (C=O) groups excluding carboxylic acids is 3. The molecule has 3 rings (SSSR count). The maximum Gasteiger partial charge on any atom is 0.355 e. The zero-order valence-electron chi connectivity index (χ0n) is 18.7. The van der Waals surface area contributed by atoms with Gasteiger partial charge in [0.2, 0.25) is 0 Å². The van der Waals surface area contributed by atoms with Crippen molar-refractivity contribution in [3.63, 3.8) is 0 Å². The van der Waals surface area contributed by atoms with Crippen molar-refractivity contribution in [2.75, 3.05) is 25.2 Å². The first-order valence-corrected chi connectivity index (χ1v) is 12.5. The lowest BCUT2D eigenvalue weighted by Gasteiger charge is -2.48. The van der Waals surface area contributed by atoms with Crippen molar-refractivity contribution >= 4 is 51.7 Å². The van der Waals surface area contributed by atoms with Crippen LogP contribution in [0.3, 0.4) is 0 Å². The number of thioether (sulfide) groups is 1. The number of nitrogens with zero attached hydrogens (tertiary/aromatic N) is 3. The minimum atomic E-state index is -0.812. The fraction of sp³-hybridized carbons (Fsp3) is 0.476. The lowest BCUT2D eigenvalue weighted by atomic mass is 10.0. The molecule has 0 aromatic carbocycles. The van der Waals surface area contributed by atoms with Gasteiger partial charge in [0.05, 0.1) is 0 Å². The van der Waals surface area contributed by atoms with Gasteiger partial charge >= 0.3 is 5.97 Å². The van der Waals surface area contributed by atoms with E-state index in [9.17, 15) is 14.4 Å². The number of aromatic nitrogens is 1. The number of hydrogen-bond donors (Lipinski definition) is 2. The highest BCUT2D eigenvalue weighted by Crippen LogP contribution is 2.38. The number of β-lactam (4-membered cyclic amide) rings is 1. The molecule has 2 atom stereocenters. The number of oxime groups is 1. The third-order valence-electron chi connectivity index (χ3n) is 5.07. The van der Waals surface area contributed by atoms with Crippen molar-refractivity contribution in [1.82, 2.24) is 15.2 Å². The van der Waals surface area contributed by atoms with Crippen LogP contribution >= 0.6 is 23.1 Å². The topological polar surface area (TPSA) is 136 Å². The summed E-state index contributed by atoms with van der Waals surface area (Å²) in [6, 6.07) is -0.812. The summed E-state index contributed by atoms with van der Waals surface area (Å²) in [5, 5.41) is 7.84. The quantitative estimate of drug-likeness (QED) is 0.166. The molecule has 1 aromatic rings. The number of fused-ring (bicyclic) bond motifs is 1. The minimum Gasteiger partial charge on any atom is -0.457 e. The van der Waals surface area contributed by atoms with Crippen LogP contribution in [0, 0.1) is 0 Å². The number of allylic oxidation sites excluding steroid dienone is 1. The maximum absolute atomic E-state index is 12.8. The number of nitrogens with two attached hydrogens (primary N) is 1. The van der Waals surface area contributed by atoms with E-state index in [-0.39, 0.29) is 28.8 Å². The van der Waals surface area contributed by atoms with E-state index >= 15 is 0 Å². The van der Waals surface area contributed by atoms with E-state index in [0.29, 0.717) is 5.75 Å². The molecular weight excluding hydrogens is 466 g/mol. The predicted molar refractivity (Wildman–Crippen MR) is 127 cm³/mol. The second kappa shape index (κ2) is 11.3. The second-order valence-corrected chi connectivity index (χ2v) is 9.29. The number of nitrogen functional groups attached to an aromatic ring is 1. The number of anilines is 1. The van der Waals surface area contributed by atoms with Gasteiger partial charge in [-0.2, -0.15) is 0 Å². The van der Waals surface area contributed by atoms with Gasteiger partial charge in [-0.3, -0.25) is 14.5 Å². The Morgan fingerprint density at radius 3 is 2.85 bits per heavy atom. The van der Waals surface area contributed by atoms with E-state index in [1.165, 1.54) is 23.8 Å². The Morgan fingerprint density at radius 2 is 2.21 bits per heavy atom. The molecule has 33 heavy (non-hydrogen) atoms. The van der Waals surface area contributed by atoms with E-state index in [0.717, 1.165) is 36.2 Å². The SMILES string of the molecule is CCCC=C(CC)COC(=O)C1=CCS[C@H]2C(NC(=O)C(=NOC)c3csc(N)n3)C(=O)N12. The van der Waals surface area contributed by atoms with Crippen molar-refractivity contribution in [3.05, 3.63) is 34.5 Å². The van der Waals surface area contributed by atoms with E-state index < -0.39 is 29.2 Å². The molecular formula is C21H27N5O5S2. The summed E-state index contributed by atoms with van der Waals surface area (Å²) in [4.78, 5) is 48.5. The molecule has 10 nitrogen and oxygen atoms in total. The number of amides is 2. The van der Waals surface area contributed by atoms with Gasteiger partial charge < -0.3 is 20.6 Å². The fourth-order valence-electron chi connectivity index (χ4n) is 3.32. The van der Waals surface area contributed by atoms with Gasteiger partial charge in [0.1, 0.15) is 36.5 Å². The van der Waals surface area contributed by atoms with E-state index in [4.69, 9.17) is 15.3 Å². The highest BCUT2D eigenvalue weighted by molar-refractivity contribution is 8.00. The molecule has 3 heterocycles. The average molecular weight is 494 g/mol. The van der Waals surface area contributed by atoms with Gasteiger partial charge in [-0.1, -0.05) is 31.5 Å². The highest BCUT2D eigenvalue weighted by Gasteiger charge is 2.53. The number of hydrogen-bond acceptors (Lipinski definition) is 10. The van der Waals surface area contributed by atoms with Crippen LogP contribution in [0.2, 0.25) is 0 Å². The summed E-state index contributed by atoms with van der Waals surface area (Å²) in [5.74, 6) is -1.04. The number of esters is 1. The molecule has 1 unspecified atom stereocenters. The Labute approximate surface area is 200 Å². The zero-order valence-corrected chi connectivity index (χ0v) is 20.3. The van der Waals surface area contributed by atoms with Crippen molar-refractivity contribution in [1.29, 1.82) is 0 Å². The van der Waals surface area contributed by atoms with Crippen LogP contribution in [0.1, 0.15) is 38.8 Å². The van der Waals surface area contributed by atoms with Crippen LogP contribution in [-0.2, 0) is 24.0 Å². The van der Waals surface area contributed by atoms with Crippen LogP contribution in [0.5, 0.6) is 0 Å². The number of nitrogens with one attached hydrogen (secondary N) is 1. The summed E-state index contributed by atoms with van der Waals surface area (Å²) < 4.78 is 5.46. The van der Waals surface area contributed by atoms with Crippen LogP contribution in [0.25, 0.3) is 0 Å². The molecule has 0 spiro atoms. The molecule has 2 aliphatic heterocycles. The van der Waals surface area contributed by atoms with Crippen LogP contribution in [-0.4, -0.2) is 64.3 Å². The largest absolute Gasteiger partial charge is 0.457 e. The summed E-state index contributed by atoms with van der Waals surface area (Å²) in [5.41, 5.74) is 7.06. The summed E-state index contributed by atoms with van der Waals surface area (Å²) in [6.07, 6.45) is 6.49. The first-order chi connectivity index (χ1) is 15.9. The molecule has 0 bridgehead atoms. The smallest absolute Gasteiger partial charge is 0.355 e. The highest BCUT2D eigenvalue weighted by atomic mass is 32.2. The van der Waals surface area contributed by atoms with Crippen LogP contribution < -0.4 is 11.1 Å². The molecule has 2 aliphatic rings. The number of thiazole rings is 1. The summed E-state index contributed by atoms with van der Waals surface area (Å²) >= 11 is 2.60. The minimum absolute atomic E-state index is 0.0846. The predicted octanol–water partition coefficient (Wildman–Crippen LogP) is 2.04. The second-order valence-electron chi connectivity index (χ2n) is 7.25. The molecule has 3 N–H and O–H groups in total. The van der Waals surface area contributed by atoms with Gasteiger partial charge in [0.15, 0.2) is 10.8 Å². The summed E-state index contributed by atoms with van der Waals surface area (Å²) in [7, 11) is 1.31. The molecule has 1 fully saturated rings. The average Bonchev–Trinajstić information content (AvgIpc) is 3.25. The first kappa shape index (κ1) is 24.8. The fourth-order valence-corrected chi connectivity index (χ4v) is 5.06. The zero-order chi connectivity index (χ0) is 24.0. The normalized spacial score (nSPS) is 20.5. The van der Waals surface area contributed by atoms with E-state index in [1.807, 2.05) is 6.92 Å². The lowest BCUT2D eigenvalue weighted by molar-refractivity contribution is -0.152. The van der Waals surface area contributed by atoms with Crippen LogP contribution in [0.15, 0.2) is 34.0 Å². The monoisotopic (exact) mass is 493 g/mol. The molecule has 0 aliphatic carbocycles. The van der Waals surface area contributed by atoms with Gasteiger partial charge in [0, 0.05) is 11.1 Å². The van der Waals surface area contributed by atoms with Crippen molar-refractivity contribution in [2.24, 2.45) is 5.16 Å². The molecule has 0 saturated carbocycles. The van der Waals surface area contributed by atoms with Crippen molar-refractivity contribution in [3.8, 4) is 0 Å². The Kier molecular flexibility index (Phi) is 8.50. The van der Waals surface area contributed by atoms with Crippen LogP contribution in [0.4, 0.5) is 5.13 Å². The van der Waals surface area contributed by atoms with Gasteiger partial charge in [-0.15, -0.1) is 23.1 Å². The first-order valence-electron chi connectivity index (χ1n) is 10.5. The number of unbranched alkanes of at least 4 members (excludes halogenated alkanes) is 1. The molecule has 178 valence electrons. The number of rotatable bonds is 10. The molecule has 1 saturated heterocycles. The molecule has 12 heteroatoms. The van der Waals surface area contributed by atoms with Crippen molar-refractivity contribution in [2.45, 2.75) is 44.5 Å². The third kappa shape index (κ3) is 5.56. The Hall–Kier alpha value is -2.86. The Morgan fingerprint density at radius 1 is 1.42 bits per heavy atom. The van der Waals surface area contributed by atoms with Gasteiger partial charge in [0.25, 0.3) is 11.8 Å².